The van der Waals surface area contributed by atoms with Crippen LogP contribution in [0.3, 0.4) is 0 Å². The van der Waals surface area contributed by atoms with Crippen LogP contribution in [-0.2, 0) is 16.0 Å². The number of methoxy groups -OCH3 is 1. The van der Waals surface area contributed by atoms with Crippen LogP contribution in [-0.4, -0.2) is 79.4 Å². The third-order valence-electron chi connectivity index (χ3n) is 5.06. The zero-order chi connectivity index (χ0) is 17.6. The van der Waals surface area contributed by atoms with Crippen LogP contribution in [0.25, 0.3) is 0 Å². The molecule has 2 aliphatic heterocycles. The Balaban J connectivity index is 1.43. The summed E-state index contributed by atoms with van der Waals surface area (Å²) in [7, 11) is 1.63. The molecule has 0 radical (unpaired) electrons. The SMILES string of the molecule is COc1ccc(CC(=O)N2CCN(CC(=O)N3CCCC3)CC2)cc1. The Hall–Kier alpha value is -2.08. The van der Waals surface area contributed by atoms with Crippen molar-refractivity contribution in [3.8, 4) is 5.75 Å². The van der Waals surface area contributed by atoms with E-state index in [4.69, 9.17) is 4.74 Å². The maximum atomic E-state index is 12.5. The molecular weight excluding hydrogens is 318 g/mol. The van der Waals surface area contributed by atoms with Crippen molar-refractivity contribution < 1.29 is 14.3 Å². The van der Waals surface area contributed by atoms with Gasteiger partial charge in [0.25, 0.3) is 0 Å². The average Bonchev–Trinajstić information content (AvgIpc) is 3.18. The van der Waals surface area contributed by atoms with E-state index >= 15 is 0 Å². The summed E-state index contributed by atoms with van der Waals surface area (Å²) >= 11 is 0. The number of carbonyl (C=O) groups excluding carboxylic acids is 2. The second kappa shape index (κ2) is 8.34. The molecule has 2 fully saturated rings. The lowest BCUT2D eigenvalue weighted by Gasteiger charge is -2.35. The van der Waals surface area contributed by atoms with Crippen LogP contribution in [0, 0.1) is 0 Å². The van der Waals surface area contributed by atoms with E-state index in [1.165, 1.54) is 0 Å². The number of rotatable bonds is 5. The minimum atomic E-state index is 0.149. The summed E-state index contributed by atoms with van der Waals surface area (Å²) < 4.78 is 5.14. The highest BCUT2D eigenvalue weighted by molar-refractivity contribution is 5.79. The van der Waals surface area contributed by atoms with Crippen molar-refractivity contribution in [2.45, 2.75) is 19.3 Å². The molecule has 2 aliphatic rings. The second-order valence-electron chi connectivity index (χ2n) is 6.77. The molecule has 0 spiro atoms. The highest BCUT2D eigenvalue weighted by Crippen LogP contribution is 2.13. The van der Waals surface area contributed by atoms with E-state index in [0.717, 1.165) is 50.3 Å². The molecule has 0 atom stereocenters. The number of hydrogen-bond acceptors (Lipinski definition) is 4. The summed E-state index contributed by atoms with van der Waals surface area (Å²) in [6, 6.07) is 7.62. The maximum absolute atomic E-state index is 12.5. The minimum Gasteiger partial charge on any atom is -0.497 e. The molecule has 136 valence electrons. The first-order valence-corrected chi connectivity index (χ1v) is 9.06. The van der Waals surface area contributed by atoms with E-state index in [1.807, 2.05) is 34.1 Å². The Morgan fingerprint density at radius 1 is 0.880 bits per heavy atom. The highest BCUT2D eigenvalue weighted by atomic mass is 16.5. The molecule has 2 amide bonds. The van der Waals surface area contributed by atoms with Gasteiger partial charge in [-0.15, -0.1) is 0 Å². The van der Waals surface area contributed by atoms with E-state index in [9.17, 15) is 9.59 Å². The van der Waals surface area contributed by atoms with Gasteiger partial charge >= 0.3 is 0 Å². The van der Waals surface area contributed by atoms with Crippen molar-refractivity contribution in [2.75, 3.05) is 52.9 Å². The van der Waals surface area contributed by atoms with Crippen LogP contribution < -0.4 is 4.74 Å². The van der Waals surface area contributed by atoms with E-state index < -0.39 is 0 Å². The molecule has 1 aromatic rings. The quantitative estimate of drug-likeness (QED) is 0.799. The Bertz CT molecular complexity index is 588. The van der Waals surface area contributed by atoms with Gasteiger partial charge in [-0.25, -0.2) is 0 Å². The smallest absolute Gasteiger partial charge is 0.236 e. The van der Waals surface area contributed by atoms with Crippen LogP contribution in [0.15, 0.2) is 24.3 Å². The van der Waals surface area contributed by atoms with E-state index in [0.29, 0.717) is 26.1 Å². The minimum absolute atomic E-state index is 0.149. The summed E-state index contributed by atoms with van der Waals surface area (Å²) in [5.41, 5.74) is 0.998. The Kier molecular flexibility index (Phi) is 5.91. The molecule has 0 unspecified atom stereocenters. The zero-order valence-electron chi connectivity index (χ0n) is 14.9. The molecule has 3 rings (SSSR count). The fourth-order valence-electron chi connectivity index (χ4n) is 3.44. The lowest BCUT2D eigenvalue weighted by Crippen LogP contribution is -2.51. The predicted octanol–water partition coefficient (Wildman–Crippen LogP) is 1.00. The van der Waals surface area contributed by atoms with Gasteiger partial charge in [-0.2, -0.15) is 0 Å². The number of hydrogen-bond donors (Lipinski definition) is 0. The average molecular weight is 345 g/mol. The van der Waals surface area contributed by atoms with Crippen LogP contribution in [0.5, 0.6) is 5.75 Å². The van der Waals surface area contributed by atoms with Gasteiger partial charge < -0.3 is 14.5 Å². The third kappa shape index (κ3) is 4.72. The number of amides is 2. The van der Waals surface area contributed by atoms with Gasteiger partial charge in [0.05, 0.1) is 20.1 Å². The zero-order valence-corrected chi connectivity index (χ0v) is 14.9. The maximum Gasteiger partial charge on any atom is 0.236 e. The number of likely N-dealkylation sites (tertiary alicyclic amines) is 1. The number of ether oxygens (including phenoxy) is 1. The Labute approximate surface area is 149 Å². The normalized spacial score (nSPS) is 18.4. The Morgan fingerprint density at radius 3 is 2.08 bits per heavy atom. The number of piperazine rings is 1. The van der Waals surface area contributed by atoms with Gasteiger partial charge in [0.2, 0.25) is 11.8 Å². The first-order chi connectivity index (χ1) is 12.2. The lowest BCUT2D eigenvalue weighted by molar-refractivity contribution is -0.134. The van der Waals surface area contributed by atoms with Crippen molar-refractivity contribution in [2.24, 2.45) is 0 Å². The topological polar surface area (TPSA) is 53.1 Å². The molecule has 6 heteroatoms. The number of benzene rings is 1. The summed E-state index contributed by atoms with van der Waals surface area (Å²) in [5, 5.41) is 0. The largest absolute Gasteiger partial charge is 0.497 e. The van der Waals surface area contributed by atoms with Crippen molar-refractivity contribution in [3.63, 3.8) is 0 Å². The molecule has 0 bridgehead atoms. The van der Waals surface area contributed by atoms with Crippen molar-refractivity contribution in [1.29, 1.82) is 0 Å². The highest BCUT2D eigenvalue weighted by Gasteiger charge is 2.25. The fraction of sp³-hybridized carbons (Fsp3) is 0.579. The standard InChI is InChI=1S/C19H27N3O3/c1-25-17-6-4-16(5-7-17)14-18(23)22-12-10-20(11-13-22)15-19(24)21-8-2-3-9-21/h4-7H,2-3,8-15H2,1H3. The molecule has 2 heterocycles. The molecule has 0 aliphatic carbocycles. The van der Waals surface area contributed by atoms with Gasteiger partial charge in [0.15, 0.2) is 0 Å². The lowest BCUT2D eigenvalue weighted by atomic mass is 10.1. The number of carbonyl (C=O) groups is 2. The summed E-state index contributed by atoms with van der Waals surface area (Å²) in [5.74, 6) is 1.18. The first kappa shape index (κ1) is 17.7. The van der Waals surface area contributed by atoms with E-state index in [2.05, 4.69) is 4.90 Å². The van der Waals surface area contributed by atoms with Crippen LogP contribution in [0.1, 0.15) is 18.4 Å². The van der Waals surface area contributed by atoms with Crippen LogP contribution in [0.4, 0.5) is 0 Å². The molecule has 0 aromatic heterocycles. The molecule has 1 aromatic carbocycles. The van der Waals surface area contributed by atoms with Gasteiger partial charge in [-0.05, 0) is 30.5 Å². The molecule has 25 heavy (non-hydrogen) atoms. The molecule has 0 saturated carbocycles. The summed E-state index contributed by atoms with van der Waals surface area (Å²) in [6.45, 7) is 5.23. The van der Waals surface area contributed by atoms with Crippen LogP contribution in [0.2, 0.25) is 0 Å². The second-order valence-corrected chi connectivity index (χ2v) is 6.77. The third-order valence-corrected chi connectivity index (χ3v) is 5.06. The summed E-state index contributed by atoms with van der Waals surface area (Å²) in [6.07, 6.45) is 2.66. The summed E-state index contributed by atoms with van der Waals surface area (Å²) in [4.78, 5) is 30.7. The van der Waals surface area contributed by atoms with Crippen molar-refractivity contribution in [1.82, 2.24) is 14.7 Å². The Morgan fingerprint density at radius 2 is 1.48 bits per heavy atom. The molecule has 2 saturated heterocycles. The monoisotopic (exact) mass is 345 g/mol. The van der Waals surface area contributed by atoms with Gasteiger partial charge in [0.1, 0.15) is 5.75 Å². The predicted molar refractivity (Wildman–Crippen MR) is 95.5 cm³/mol. The van der Waals surface area contributed by atoms with Gasteiger partial charge in [0, 0.05) is 39.3 Å². The van der Waals surface area contributed by atoms with Gasteiger partial charge in [-0.1, -0.05) is 12.1 Å². The molecular formula is C19H27N3O3. The first-order valence-electron chi connectivity index (χ1n) is 9.06. The van der Waals surface area contributed by atoms with Crippen LogP contribution >= 0.6 is 0 Å². The molecule has 6 nitrogen and oxygen atoms in total. The van der Waals surface area contributed by atoms with Crippen molar-refractivity contribution >= 4 is 11.8 Å². The van der Waals surface area contributed by atoms with Crippen molar-refractivity contribution in [3.05, 3.63) is 29.8 Å². The van der Waals surface area contributed by atoms with E-state index in [-0.39, 0.29) is 11.8 Å². The van der Waals surface area contributed by atoms with E-state index in [1.54, 1.807) is 7.11 Å². The molecule has 0 N–H and O–H groups in total. The fourth-order valence-corrected chi connectivity index (χ4v) is 3.44. The van der Waals surface area contributed by atoms with Gasteiger partial charge in [-0.3, -0.25) is 14.5 Å². The number of nitrogens with zero attached hydrogens (tertiary/aromatic N) is 3.